The molecule has 3 aliphatic heterocycles. The van der Waals surface area contributed by atoms with Gasteiger partial charge in [-0.25, -0.2) is 14.7 Å². The average molecular weight is 1620 g/mol. The van der Waals surface area contributed by atoms with E-state index in [0.29, 0.717) is 112 Å². The summed E-state index contributed by atoms with van der Waals surface area (Å²) in [6.07, 6.45) is 20.2. The zero-order valence-electron chi connectivity index (χ0n) is 71.5. The Balaban J connectivity index is 0.871. The van der Waals surface area contributed by atoms with Crippen LogP contribution >= 0.6 is 0 Å². The summed E-state index contributed by atoms with van der Waals surface area (Å²) in [4.78, 5) is 130. The SMILES string of the molecule is C=Cc1cccc(C(C)C)c1N1C(=O)c2ccc3c4c(Oc5ccc(-c6ccc(N(CCCCCC)CCCCCC)c7cccc(C(=O)NC=O)c67)cc5)cc5c6c(ccc(c7c(Oc8ccc(N9C(=O)c%10cccc%11c(N(CCCCCC)CCCCCC)ccc(c%10%11)C9=O)cc8)cc(c2c37)C1=O)c64)C(=O)N(c1c(CC)cccc1C(C)C)C5=O. The van der Waals surface area contributed by atoms with E-state index in [2.05, 4.69) is 67.6 Å². The van der Waals surface area contributed by atoms with E-state index in [-0.39, 0.29) is 51.3 Å². The molecule has 0 radical (unpaired) electrons. The molecule has 8 amide bonds. The molecule has 16 heteroatoms. The first-order chi connectivity index (χ1) is 59.4. The average Bonchev–Trinajstić information content (AvgIpc) is 0.676. The lowest BCUT2D eigenvalue weighted by Gasteiger charge is -2.33. The van der Waals surface area contributed by atoms with Crippen molar-refractivity contribution in [3.8, 4) is 34.1 Å². The number of benzene rings is 13. The van der Waals surface area contributed by atoms with E-state index >= 15 is 28.8 Å². The highest BCUT2D eigenvalue weighted by atomic mass is 16.5. The number of hydrogen-bond donors (Lipinski definition) is 1. The molecule has 1 N–H and O–H groups in total. The number of imide groups is 4. The number of rotatable bonds is 36. The van der Waals surface area contributed by atoms with E-state index in [1.807, 2.05) is 138 Å². The van der Waals surface area contributed by atoms with E-state index < -0.39 is 41.4 Å². The molecule has 0 saturated heterocycles. The van der Waals surface area contributed by atoms with Gasteiger partial charge in [-0.2, -0.15) is 0 Å². The van der Waals surface area contributed by atoms with Crippen LogP contribution in [0.1, 0.15) is 272 Å². The molecule has 0 bridgehead atoms. The molecule has 0 aliphatic carbocycles. The summed E-state index contributed by atoms with van der Waals surface area (Å²) < 4.78 is 14.7. The van der Waals surface area contributed by atoms with Gasteiger partial charge in [0.1, 0.15) is 23.0 Å². The van der Waals surface area contributed by atoms with Crippen LogP contribution < -0.4 is 39.3 Å². The predicted octanol–water partition coefficient (Wildman–Crippen LogP) is 26.0. The van der Waals surface area contributed by atoms with Crippen LogP contribution in [-0.4, -0.2) is 73.9 Å². The van der Waals surface area contributed by atoms with Gasteiger partial charge in [-0.05, 0) is 179 Å². The van der Waals surface area contributed by atoms with Gasteiger partial charge < -0.3 is 19.3 Å². The molecular formula is C106H106N6O10. The molecule has 3 aliphatic rings. The predicted molar refractivity (Wildman–Crippen MR) is 496 cm³/mol. The molecule has 0 spiro atoms. The summed E-state index contributed by atoms with van der Waals surface area (Å²) in [5, 5.41) is 9.15. The Bertz CT molecular complexity index is 6310. The fourth-order valence-corrected chi connectivity index (χ4v) is 19.1. The highest BCUT2D eigenvalue weighted by Gasteiger charge is 2.43. The first-order valence-electron chi connectivity index (χ1n) is 44.1. The van der Waals surface area contributed by atoms with Crippen LogP contribution in [-0.2, 0) is 11.2 Å². The van der Waals surface area contributed by atoms with Gasteiger partial charge in [0.15, 0.2) is 0 Å². The molecule has 620 valence electrons. The van der Waals surface area contributed by atoms with E-state index in [1.54, 1.807) is 66.7 Å². The number of carbonyl (C=O) groups is 8. The maximum Gasteiger partial charge on any atom is 0.266 e. The number of anilines is 5. The van der Waals surface area contributed by atoms with E-state index in [9.17, 15) is 9.59 Å². The molecule has 0 fully saturated rings. The number of hydrogen-bond acceptors (Lipinski definition) is 12. The van der Waals surface area contributed by atoms with Gasteiger partial charge in [-0.1, -0.05) is 243 Å². The maximum absolute atomic E-state index is 16.3. The molecule has 3 heterocycles. The second-order valence-corrected chi connectivity index (χ2v) is 33.5. The van der Waals surface area contributed by atoms with Crippen LogP contribution in [0.2, 0.25) is 0 Å². The molecule has 0 aromatic heterocycles. The topological polar surface area (TPSA) is 183 Å². The lowest BCUT2D eigenvalue weighted by atomic mass is 9.81. The third-order valence-corrected chi connectivity index (χ3v) is 25.2. The van der Waals surface area contributed by atoms with Gasteiger partial charge >= 0.3 is 0 Å². The lowest BCUT2D eigenvalue weighted by molar-refractivity contribution is -0.108. The second kappa shape index (κ2) is 35.5. The van der Waals surface area contributed by atoms with E-state index in [1.165, 1.54) is 14.7 Å². The monoisotopic (exact) mass is 1620 g/mol. The second-order valence-electron chi connectivity index (χ2n) is 33.5. The van der Waals surface area contributed by atoms with Crippen molar-refractivity contribution in [3.63, 3.8) is 0 Å². The normalized spacial score (nSPS) is 13.3. The summed E-state index contributed by atoms with van der Waals surface area (Å²) in [6.45, 7) is 26.5. The maximum atomic E-state index is 16.3. The summed E-state index contributed by atoms with van der Waals surface area (Å²) >= 11 is 0. The number of para-hydroxylation sites is 2. The Morgan fingerprint density at radius 2 is 0.811 bits per heavy atom. The third kappa shape index (κ3) is 14.8. The fourth-order valence-electron chi connectivity index (χ4n) is 19.1. The van der Waals surface area contributed by atoms with Crippen LogP contribution in [0.3, 0.4) is 0 Å². The van der Waals surface area contributed by atoms with Crippen molar-refractivity contribution < 1.29 is 47.8 Å². The molecule has 0 saturated carbocycles. The minimum absolute atomic E-state index is 0.0854. The van der Waals surface area contributed by atoms with Crippen molar-refractivity contribution in [1.82, 2.24) is 5.32 Å². The van der Waals surface area contributed by atoms with Crippen LogP contribution in [0.4, 0.5) is 28.4 Å². The van der Waals surface area contributed by atoms with Gasteiger partial charge in [0.05, 0.1) is 28.2 Å². The van der Waals surface area contributed by atoms with Gasteiger partial charge in [0.25, 0.3) is 41.4 Å². The largest absolute Gasteiger partial charge is 0.457 e. The molecule has 16 nitrogen and oxygen atoms in total. The number of fused-ring (bicyclic) bond motifs is 3. The number of amides is 8. The van der Waals surface area contributed by atoms with Crippen LogP contribution in [0, 0.1) is 0 Å². The van der Waals surface area contributed by atoms with Crippen molar-refractivity contribution >= 4 is 147 Å². The molecule has 13 aromatic carbocycles. The highest BCUT2D eigenvalue weighted by molar-refractivity contribution is 6.47. The van der Waals surface area contributed by atoms with Gasteiger partial charge in [-0.3, -0.25) is 43.7 Å². The standard InChI is InChI=1S/C106H106N6O10/c1-11-17-21-25-57-108(58-26-22-18-12-2)86-55-53-74(90-75(86)37-31-39-79(90)100(114)107-63-113)68-41-45-70(46-42-68)121-88-61-84-92-82(103(117)111(105(84)119)98-66(15-5)33-29-35-72(98)64(7)8)52-50-78-95-89(62-85-93-83(51-49-77(97(93)95)94(88)96(78)92)104(118)112(106(85)120)99-67(16-6)34-30-36-73(99)65(9)10)122-71-47-43-69(44-48-71)110-101(115)80-40-32-38-76-87(56-54-81(91(76)80)102(110)116)109(59-27-23-19-13-3)60-28-24-20-14-4/h16,29-56,61-65H,6,11-15,17-28,57-60H2,1-5,7-10H3,(H,107,113,114). The number of unbranched alkanes of at least 4 members (excludes halogenated alkanes) is 12. The molecular weight excluding hydrogens is 1520 g/mol. The summed E-state index contributed by atoms with van der Waals surface area (Å²) in [7, 11) is 0. The number of nitrogens with zero attached hydrogens (tertiary/aromatic N) is 5. The quantitative estimate of drug-likeness (QED) is 0.0129. The Hall–Kier alpha value is -12.8. The number of aryl methyl sites for hydroxylation is 1. The molecule has 16 rings (SSSR count). The Labute approximate surface area is 713 Å². The first-order valence-corrected chi connectivity index (χ1v) is 44.1. The molecule has 0 unspecified atom stereocenters. The summed E-state index contributed by atoms with van der Waals surface area (Å²) in [5.74, 6) is -2.86. The fraction of sp³-hybridized carbons (Fsp3) is 0.302. The molecule has 122 heavy (non-hydrogen) atoms. The highest BCUT2D eigenvalue weighted by Crippen LogP contribution is 2.55. The lowest BCUT2D eigenvalue weighted by Crippen LogP contribution is -2.42. The van der Waals surface area contributed by atoms with Gasteiger partial charge in [-0.15, -0.1) is 0 Å². The zero-order chi connectivity index (χ0) is 85.3. The number of carbonyl (C=O) groups excluding carboxylic acids is 8. The zero-order valence-corrected chi connectivity index (χ0v) is 71.5. The Morgan fingerprint density at radius 1 is 0.393 bits per heavy atom. The summed E-state index contributed by atoms with van der Waals surface area (Å²) in [5.41, 5.74) is 9.78. The minimum Gasteiger partial charge on any atom is -0.457 e. The van der Waals surface area contributed by atoms with Gasteiger partial charge in [0, 0.05) is 119 Å². The van der Waals surface area contributed by atoms with Crippen LogP contribution in [0.25, 0.3) is 81.8 Å². The number of nitrogens with one attached hydrogen (secondary N) is 1. The van der Waals surface area contributed by atoms with Crippen molar-refractivity contribution in [2.45, 2.75) is 183 Å². The molecule has 13 aromatic rings. The minimum atomic E-state index is -0.614. The van der Waals surface area contributed by atoms with Crippen molar-refractivity contribution in [1.29, 1.82) is 0 Å². The van der Waals surface area contributed by atoms with E-state index in [4.69, 9.17) is 9.47 Å². The Morgan fingerprint density at radius 3 is 1.30 bits per heavy atom. The van der Waals surface area contributed by atoms with Crippen LogP contribution in [0.15, 0.2) is 189 Å². The van der Waals surface area contributed by atoms with E-state index in [0.717, 1.165) is 179 Å². The molecule has 0 atom stereocenters. The van der Waals surface area contributed by atoms with Crippen LogP contribution in [0.5, 0.6) is 23.0 Å². The van der Waals surface area contributed by atoms with Crippen molar-refractivity contribution in [3.05, 3.63) is 250 Å². The van der Waals surface area contributed by atoms with Crippen molar-refractivity contribution in [2.24, 2.45) is 0 Å². The van der Waals surface area contributed by atoms with Crippen molar-refractivity contribution in [2.75, 3.05) is 50.7 Å². The smallest absolute Gasteiger partial charge is 0.266 e. The summed E-state index contributed by atoms with van der Waals surface area (Å²) in [6, 6.07) is 55.9. The first kappa shape index (κ1) is 82.9. The van der Waals surface area contributed by atoms with Gasteiger partial charge in [0.2, 0.25) is 6.41 Å². The third-order valence-electron chi connectivity index (χ3n) is 25.2. The Kier molecular flexibility index (Phi) is 24.1. The number of ether oxygens (including phenoxy) is 2.